The maximum atomic E-state index is 13.3. The van der Waals surface area contributed by atoms with Gasteiger partial charge in [-0.15, -0.1) is 0 Å². The van der Waals surface area contributed by atoms with Crippen LogP contribution >= 0.6 is 11.6 Å². The number of imide groups is 1. The van der Waals surface area contributed by atoms with Gasteiger partial charge in [-0.25, -0.2) is 10.3 Å². The van der Waals surface area contributed by atoms with E-state index in [0.29, 0.717) is 17.0 Å². The topological polar surface area (TPSA) is 89.9 Å². The van der Waals surface area contributed by atoms with Crippen LogP contribution < -0.4 is 5.48 Å². The molecule has 8 heteroatoms. The normalized spacial score (nSPS) is 15.8. The molecule has 0 aliphatic carbocycles. The molecule has 0 aromatic heterocycles. The number of halogens is 1. The third-order valence-electron chi connectivity index (χ3n) is 5.60. The van der Waals surface area contributed by atoms with Gasteiger partial charge in [0.2, 0.25) is 0 Å². The second kappa shape index (κ2) is 9.85. The number of hydrogen-bond donors (Lipinski definition) is 2. The van der Waals surface area contributed by atoms with Gasteiger partial charge in [-0.05, 0) is 41.0 Å². The second-order valence-corrected chi connectivity index (χ2v) is 8.24. The summed E-state index contributed by atoms with van der Waals surface area (Å²) < 4.78 is 0. The first-order chi connectivity index (χ1) is 16.0. The fourth-order valence-electron chi connectivity index (χ4n) is 3.85. The van der Waals surface area contributed by atoms with E-state index in [-0.39, 0.29) is 30.6 Å². The Morgan fingerprint density at radius 3 is 2.09 bits per heavy atom. The Labute approximate surface area is 196 Å². The zero-order valence-electron chi connectivity index (χ0n) is 17.6. The Bertz CT molecular complexity index is 1150. The summed E-state index contributed by atoms with van der Waals surface area (Å²) in [5.74, 6) is -0.901. The van der Waals surface area contributed by atoms with E-state index in [0.717, 1.165) is 11.1 Å². The molecule has 4 amide bonds. The van der Waals surface area contributed by atoms with Crippen LogP contribution in [0.1, 0.15) is 27.0 Å². The van der Waals surface area contributed by atoms with Gasteiger partial charge < -0.3 is 4.90 Å². The molecule has 0 radical (unpaired) electrons. The first-order valence-corrected chi connectivity index (χ1v) is 10.8. The predicted octanol–water partition coefficient (Wildman–Crippen LogP) is 4.03. The number of urea groups is 1. The van der Waals surface area contributed by atoms with Crippen molar-refractivity contribution in [2.24, 2.45) is 0 Å². The molecule has 1 saturated heterocycles. The van der Waals surface area contributed by atoms with Gasteiger partial charge in [0, 0.05) is 23.6 Å². The third kappa shape index (κ3) is 5.05. The highest BCUT2D eigenvalue weighted by Gasteiger charge is 2.44. The Morgan fingerprint density at radius 1 is 0.848 bits per heavy atom. The molecule has 1 heterocycles. The van der Waals surface area contributed by atoms with E-state index in [4.69, 9.17) is 16.8 Å². The lowest BCUT2D eigenvalue weighted by Crippen LogP contribution is -2.36. The van der Waals surface area contributed by atoms with Crippen LogP contribution in [0.5, 0.6) is 0 Å². The number of nitrogens with zero attached hydrogens (tertiary/aromatic N) is 2. The van der Waals surface area contributed by atoms with Gasteiger partial charge in [-0.2, -0.15) is 0 Å². The number of hydroxylamine groups is 1. The van der Waals surface area contributed by atoms with Crippen molar-refractivity contribution in [1.82, 2.24) is 15.3 Å². The summed E-state index contributed by atoms with van der Waals surface area (Å²) in [5.41, 5.74) is 4.38. The van der Waals surface area contributed by atoms with E-state index in [9.17, 15) is 14.4 Å². The summed E-state index contributed by atoms with van der Waals surface area (Å²) in [6.07, 6.45) is 0.408. The average molecular weight is 464 g/mol. The number of amides is 4. The van der Waals surface area contributed by atoms with Crippen molar-refractivity contribution >= 4 is 29.4 Å². The highest BCUT2D eigenvalue weighted by molar-refractivity contribution is 6.30. The molecular weight excluding hydrogens is 442 g/mol. The van der Waals surface area contributed by atoms with Crippen molar-refractivity contribution in [3.8, 4) is 0 Å². The average Bonchev–Trinajstić information content (AvgIpc) is 3.05. The van der Waals surface area contributed by atoms with E-state index < -0.39 is 11.9 Å². The van der Waals surface area contributed by atoms with Gasteiger partial charge in [0.15, 0.2) is 0 Å². The van der Waals surface area contributed by atoms with Crippen LogP contribution in [0.3, 0.4) is 0 Å². The van der Waals surface area contributed by atoms with Crippen LogP contribution in [0.15, 0.2) is 78.9 Å². The van der Waals surface area contributed by atoms with Gasteiger partial charge in [0.1, 0.15) is 6.04 Å². The van der Waals surface area contributed by atoms with E-state index in [1.807, 2.05) is 42.5 Å². The fourth-order valence-corrected chi connectivity index (χ4v) is 3.98. The monoisotopic (exact) mass is 463 g/mol. The van der Waals surface area contributed by atoms with Crippen molar-refractivity contribution in [2.45, 2.75) is 25.6 Å². The van der Waals surface area contributed by atoms with Crippen LogP contribution in [-0.2, 0) is 24.3 Å². The number of carbonyl (C=O) groups is 3. The second-order valence-electron chi connectivity index (χ2n) is 7.80. The maximum Gasteiger partial charge on any atom is 0.328 e. The molecule has 33 heavy (non-hydrogen) atoms. The molecule has 7 nitrogen and oxygen atoms in total. The highest BCUT2D eigenvalue weighted by atomic mass is 35.5. The van der Waals surface area contributed by atoms with Gasteiger partial charge in [-0.1, -0.05) is 66.2 Å². The van der Waals surface area contributed by atoms with Crippen LogP contribution in [0.25, 0.3) is 0 Å². The molecule has 1 unspecified atom stereocenters. The van der Waals surface area contributed by atoms with Crippen LogP contribution in [0.4, 0.5) is 4.79 Å². The predicted molar refractivity (Wildman–Crippen MR) is 123 cm³/mol. The smallest absolute Gasteiger partial charge is 0.308 e. The first kappa shape index (κ1) is 22.5. The minimum Gasteiger partial charge on any atom is -0.308 e. The molecule has 3 aromatic carbocycles. The molecule has 3 aromatic rings. The molecule has 0 saturated carbocycles. The number of nitrogens with one attached hydrogen (secondary N) is 1. The SMILES string of the molecule is O=C(NO)c1ccc(CN2C(=O)C(Cc3ccccc3)N(Cc3ccc(Cl)cc3)C2=O)cc1. The zero-order chi connectivity index (χ0) is 23.4. The lowest BCUT2D eigenvalue weighted by atomic mass is 10.0. The molecule has 1 aliphatic rings. The lowest BCUT2D eigenvalue weighted by molar-refractivity contribution is -0.128. The number of benzene rings is 3. The standard InChI is InChI=1S/C25H22ClN3O4/c26-21-12-8-19(9-13-21)15-28-22(14-17-4-2-1-3-5-17)24(31)29(25(28)32)16-18-6-10-20(11-7-18)23(30)27-33/h1-13,22,33H,14-16H2,(H,27,30). The van der Waals surface area contributed by atoms with E-state index >= 15 is 0 Å². The molecule has 1 atom stereocenters. The molecule has 2 N–H and O–H groups in total. The molecule has 1 fully saturated rings. The van der Waals surface area contributed by atoms with Gasteiger partial charge in [0.05, 0.1) is 6.54 Å². The minimum absolute atomic E-state index is 0.0844. The summed E-state index contributed by atoms with van der Waals surface area (Å²) in [6.45, 7) is 0.368. The minimum atomic E-state index is -0.632. The maximum absolute atomic E-state index is 13.3. The summed E-state index contributed by atoms with van der Waals surface area (Å²) >= 11 is 5.99. The fraction of sp³-hybridized carbons (Fsp3) is 0.160. The Morgan fingerprint density at radius 2 is 1.45 bits per heavy atom. The van der Waals surface area contributed by atoms with Crippen molar-refractivity contribution in [3.63, 3.8) is 0 Å². The summed E-state index contributed by atoms with van der Waals surface area (Å²) in [7, 11) is 0. The van der Waals surface area contributed by atoms with Crippen LogP contribution in [0.2, 0.25) is 5.02 Å². The summed E-state index contributed by atoms with van der Waals surface area (Å²) in [5, 5.41) is 9.36. The number of rotatable bonds is 7. The van der Waals surface area contributed by atoms with E-state index in [1.165, 1.54) is 17.0 Å². The molecule has 168 valence electrons. The lowest BCUT2D eigenvalue weighted by Gasteiger charge is -2.22. The third-order valence-corrected chi connectivity index (χ3v) is 5.85. The van der Waals surface area contributed by atoms with Crippen molar-refractivity contribution in [2.75, 3.05) is 0 Å². The number of carbonyl (C=O) groups excluding carboxylic acids is 3. The zero-order valence-corrected chi connectivity index (χ0v) is 18.4. The van der Waals surface area contributed by atoms with Crippen LogP contribution in [0, 0.1) is 0 Å². The van der Waals surface area contributed by atoms with Crippen molar-refractivity contribution in [3.05, 3.63) is 106 Å². The Balaban J connectivity index is 1.58. The van der Waals surface area contributed by atoms with Crippen molar-refractivity contribution in [1.29, 1.82) is 0 Å². The summed E-state index contributed by atoms with van der Waals surface area (Å²) in [6, 6.07) is 22.1. The molecule has 1 aliphatic heterocycles. The Hall–Kier alpha value is -3.68. The molecule has 0 spiro atoms. The van der Waals surface area contributed by atoms with E-state index in [1.54, 1.807) is 34.6 Å². The van der Waals surface area contributed by atoms with Gasteiger partial charge in [-0.3, -0.25) is 19.7 Å². The van der Waals surface area contributed by atoms with Crippen LogP contribution in [-0.4, -0.2) is 38.9 Å². The highest BCUT2D eigenvalue weighted by Crippen LogP contribution is 2.26. The molecular formula is C25H22ClN3O4. The molecule has 0 bridgehead atoms. The van der Waals surface area contributed by atoms with Gasteiger partial charge in [0.25, 0.3) is 11.8 Å². The van der Waals surface area contributed by atoms with Gasteiger partial charge >= 0.3 is 6.03 Å². The number of hydrogen-bond acceptors (Lipinski definition) is 4. The first-order valence-electron chi connectivity index (χ1n) is 10.4. The quantitative estimate of drug-likeness (QED) is 0.314. The summed E-state index contributed by atoms with van der Waals surface area (Å²) in [4.78, 5) is 41.0. The largest absolute Gasteiger partial charge is 0.328 e. The Kier molecular flexibility index (Phi) is 6.72. The van der Waals surface area contributed by atoms with Crippen molar-refractivity contribution < 1.29 is 19.6 Å². The van der Waals surface area contributed by atoms with E-state index in [2.05, 4.69) is 0 Å². The molecule has 4 rings (SSSR count).